The maximum atomic E-state index is 13.5. The number of anilines is 2. The normalized spacial score (nSPS) is 10.1. The number of hydrogen-bond acceptors (Lipinski definition) is 3. The highest BCUT2D eigenvalue weighted by atomic mass is 79.9. The Hall–Kier alpha value is -1.95. The van der Waals surface area contributed by atoms with Crippen LogP contribution in [0.3, 0.4) is 0 Å². The van der Waals surface area contributed by atoms with Gasteiger partial charge in [0.2, 0.25) is 0 Å². The highest BCUT2D eigenvalue weighted by Gasteiger charge is 2.13. The van der Waals surface area contributed by atoms with Crippen LogP contribution < -0.4 is 11.1 Å². The smallest absolute Gasteiger partial charge is 0.258 e. The van der Waals surface area contributed by atoms with E-state index in [0.717, 1.165) is 6.07 Å². The van der Waals surface area contributed by atoms with Crippen LogP contribution in [0.25, 0.3) is 0 Å². The molecule has 1 aromatic heterocycles. The summed E-state index contributed by atoms with van der Waals surface area (Å²) in [7, 11) is 0. The van der Waals surface area contributed by atoms with Gasteiger partial charge in [0, 0.05) is 18.1 Å². The van der Waals surface area contributed by atoms with Crippen molar-refractivity contribution in [2.45, 2.75) is 0 Å². The topological polar surface area (TPSA) is 68.0 Å². The van der Waals surface area contributed by atoms with Gasteiger partial charge in [-0.2, -0.15) is 0 Å². The van der Waals surface area contributed by atoms with Crippen molar-refractivity contribution >= 4 is 33.2 Å². The molecule has 0 saturated heterocycles. The minimum absolute atomic E-state index is 0.0984. The van der Waals surface area contributed by atoms with E-state index in [1.807, 2.05) is 0 Å². The zero-order chi connectivity index (χ0) is 13.1. The summed E-state index contributed by atoms with van der Waals surface area (Å²) in [5.41, 5.74) is 6.26. The second kappa shape index (κ2) is 5.14. The van der Waals surface area contributed by atoms with Crippen LogP contribution >= 0.6 is 15.9 Å². The zero-order valence-electron chi connectivity index (χ0n) is 9.15. The van der Waals surface area contributed by atoms with Gasteiger partial charge in [0.05, 0.1) is 15.7 Å². The SMILES string of the molecule is Nc1ccc(F)c(C(=O)Nc2ccncc2Br)c1. The highest BCUT2D eigenvalue weighted by molar-refractivity contribution is 9.10. The number of benzene rings is 1. The summed E-state index contributed by atoms with van der Waals surface area (Å²) in [6.07, 6.45) is 3.06. The predicted molar refractivity (Wildman–Crippen MR) is 70.7 cm³/mol. The quantitative estimate of drug-likeness (QED) is 0.838. The van der Waals surface area contributed by atoms with Gasteiger partial charge in [-0.3, -0.25) is 9.78 Å². The van der Waals surface area contributed by atoms with Crippen LogP contribution in [0.2, 0.25) is 0 Å². The Bertz CT molecular complexity index is 604. The molecule has 0 aliphatic rings. The van der Waals surface area contributed by atoms with Crippen molar-refractivity contribution in [2.24, 2.45) is 0 Å². The van der Waals surface area contributed by atoms with Crippen molar-refractivity contribution in [3.8, 4) is 0 Å². The van der Waals surface area contributed by atoms with Gasteiger partial charge in [0.15, 0.2) is 0 Å². The van der Waals surface area contributed by atoms with E-state index in [2.05, 4.69) is 26.2 Å². The van der Waals surface area contributed by atoms with Crippen LogP contribution in [0.15, 0.2) is 41.1 Å². The number of amides is 1. The molecule has 0 aliphatic carbocycles. The third-order valence-electron chi connectivity index (χ3n) is 2.26. The molecular weight excluding hydrogens is 301 g/mol. The second-order valence-electron chi connectivity index (χ2n) is 3.55. The average molecular weight is 310 g/mol. The van der Waals surface area contributed by atoms with E-state index in [0.29, 0.717) is 15.8 Å². The van der Waals surface area contributed by atoms with Crippen molar-refractivity contribution in [2.75, 3.05) is 11.1 Å². The van der Waals surface area contributed by atoms with E-state index in [4.69, 9.17) is 5.73 Å². The summed E-state index contributed by atoms with van der Waals surface area (Å²) in [5.74, 6) is -1.18. The maximum absolute atomic E-state index is 13.5. The van der Waals surface area contributed by atoms with Crippen LogP contribution in [-0.4, -0.2) is 10.9 Å². The fourth-order valence-corrected chi connectivity index (χ4v) is 1.73. The molecule has 4 nitrogen and oxygen atoms in total. The first-order chi connectivity index (χ1) is 8.58. The third-order valence-corrected chi connectivity index (χ3v) is 2.89. The number of nitrogen functional groups attached to an aromatic ring is 1. The first kappa shape index (κ1) is 12.5. The Balaban J connectivity index is 2.28. The molecule has 0 atom stereocenters. The molecule has 3 N–H and O–H groups in total. The molecule has 2 rings (SSSR count). The van der Waals surface area contributed by atoms with Crippen LogP contribution in [0.4, 0.5) is 15.8 Å². The standard InChI is InChI=1S/C12H9BrFN3O/c13-9-6-16-4-3-11(9)17-12(18)8-5-7(15)1-2-10(8)14/h1-6H,15H2,(H,16,17,18). The molecule has 6 heteroatoms. The Morgan fingerprint density at radius 1 is 1.39 bits per heavy atom. The van der Waals surface area contributed by atoms with E-state index < -0.39 is 11.7 Å². The molecule has 1 amide bonds. The second-order valence-corrected chi connectivity index (χ2v) is 4.40. The first-order valence-corrected chi connectivity index (χ1v) is 5.83. The molecular formula is C12H9BrFN3O. The molecule has 0 aliphatic heterocycles. The molecule has 1 aromatic carbocycles. The lowest BCUT2D eigenvalue weighted by molar-refractivity contribution is 0.102. The van der Waals surface area contributed by atoms with E-state index in [1.54, 1.807) is 6.07 Å². The number of nitrogens with zero attached hydrogens (tertiary/aromatic N) is 1. The molecule has 1 heterocycles. The van der Waals surface area contributed by atoms with Gasteiger partial charge in [0.1, 0.15) is 5.82 Å². The Labute approximate surface area is 111 Å². The number of hydrogen-bond donors (Lipinski definition) is 2. The number of carbonyl (C=O) groups excluding carboxylic acids is 1. The molecule has 92 valence electrons. The highest BCUT2D eigenvalue weighted by Crippen LogP contribution is 2.21. The minimum Gasteiger partial charge on any atom is -0.399 e. The van der Waals surface area contributed by atoms with Gasteiger partial charge in [-0.15, -0.1) is 0 Å². The lowest BCUT2D eigenvalue weighted by atomic mass is 10.1. The van der Waals surface area contributed by atoms with Crippen molar-refractivity contribution in [3.05, 3.63) is 52.5 Å². The summed E-state index contributed by atoms with van der Waals surface area (Å²) in [6.45, 7) is 0. The molecule has 18 heavy (non-hydrogen) atoms. The van der Waals surface area contributed by atoms with Crippen LogP contribution in [-0.2, 0) is 0 Å². The monoisotopic (exact) mass is 309 g/mol. The van der Waals surface area contributed by atoms with Crippen LogP contribution in [0.1, 0.15) is 10.4 Å². The number of rotatable bonds is 2. The molecule has 0 spiro atoms. The number of carbonyl (C=O) groups is 1. The van der Waals surface area contributed by atoms with Gasteiger partial charge in [-0.05, 0) is 40.2 Å². The summed E-state index contributed by atoms with van der Waals surface area (Å²) in [4.78, 5) is 15.8. The van der Waals surface area contributed by atoms with E-state index in [1.165, 1.54) is 24.5 Å². The minimum atomic E-state index is -0.619. The largest absolute Gasteiger partial charge is 0.399 e. The molecule has 2 aromatic rings. The number of nitrogens with one attached hydrogen (secondary N) is 1. The Morgan fingerprint density at radius 3 is 2.89 bits per heavy atom. The lowest BCUT2D eigenvalue weighted by Gasteiger charge is -2.08. The molecule has 0 saturated carbocycles. The molecule has 0 fully saturated rings. The van der Waals surface area contributed by atoms with Gasteiger partial charge < -0.3 is 11.1 Å². The predicted octanol–water partition coefficient (Wildman–Crippen LogP) is 2.82. The maximum Gasteiger partial charge on any atom is 0.258 e. The number of pyridine rings is 1. The fraction of sp³-hybridized carbons (Fsp3) is 0. The molecule has 0 unspecified atom stereocenters. The fourth-order valence-electron chi connectivity index (χ4n) is 1.38. The average Bonchev–Trinajstić information content (AvgIpc) is 2.35. The number of nitrogens with two attached hydrogens (primary N) is 1. The molecule has 0 bridgehead atoms. The van der Waals surface area contributed by atoms with E-state index >= 15 is 0 Å². The van der Waals surface area contributed by atoms with E-state index in [9.17, 15) is 9.18 Å². The summed E-state index contributed by atoms with van der Waals surface area (Å²) < 4.78 is 14.1. The number of halogens is 2. The first-order valence-electron chi connectivity index (χ1n) is 5.04. The van der Waals surface area contributed by atoms with Crippen LogP contribution in [0, 0.1) is 5.82 Å². The van der Waals surface area contributed by atoms with Gasteiger partial charge in [-0.1, -0.05) is 0 Å². The molecule has 0 radical (unpaired) electrons. The Kier molecular flexibility index (Phi) is 3.57. The summed E-state index contributed by atoms with van der Waals surface area (Å²) >= 11 is 3.23. The van der Waals surface area contributed by atoms with Crippen molar-refractivity contribution in [1.29, 1.82) is 0 Å². The summed E-state index contributed by atoms with van der Waals surface area (Å²) in [5, 5.41) is 2.57. The van der Waals surface area contributed by atoms with Crippen molar-refractivity contribution in [3.63, 3.8) is 0 Å². The van der Waals surface area contributed by atoms with E-state index in [-0.39, 0.29) is 5.56 Å². The van der Waals surface area contributed by atoms with Crippen LogP contribution in [0.5, 0.6) is 0 Å². The van der Waals surface area contributed by atoms with Gasteiger partial charge in [0.25, 0.3) is 5.91 Å². The number of aromatic nitrogens is 1. The van der Waals surface area contributed by atoms with Gasteiger partial charge >= 0.3 is 0 Å². The summed E-state index contributed by atoms with van der Waals surface area (Å²) in [6, 6.07) is 5.45. The Morgan fingerprint density at radius 2 is 2.17 bits per heavy atom. The van der Waals surface area contributed by atoms with Gasteiger partial charge in [-0.25, -0.2) is 4.39 Å². The lowest BCUT2D eigenvalue weighted by Crippen LogP contribution is -2.14. The third kappa shape index (κ3) is 2.65. The van der Waals surface area contributed by atoms with Crippen molar-refractivity contribution in [1.82, 2.24) is 4.98 Å². The van der Waals surface area contributed by atoms with Crippen molar-refractivity contribution < 1.29 is 9.18 Å². The zero-order valence-corrected chi connectivity index (χ0v) is 10.7.